The van der Waals surface area contributed by atoms with Crippen molar-refractivity contribution in [3.05, 3.63) is 35.9 Å². The number of rotatable bonds is 4. The van der Waals surface area contributed by atoms with Crippen LogP contribution in [0.25, 0.3) is 0 Å². The van der Waals surface area contributed by atoms with Crippen molar-refractivity contribution in [3.8, 4) is 0 Å². The van der Waals surface area contributed by atoms with Gasteiger partial charge >= 0.3 is 12.1 Å². The van der Waals surface area contributed by atoms with Gasteiger partial charge in [0.25, 0.3) is 0 Å². The molecule has 27 heavy (non-hydrogen) atoms. The first-order valence-electron chi connectivity index (χ1n) is 9.35. The Hall–Kier alpha value is -2.77. The predicted molar refractivity (Wildman–Crippen MR) is 99.0 cm³/mol. The number of nitrogens with one attached hydrogen (secondary N) is 1. The van der Waals surface area contributed by atoms with E-state index in [0.29, 0.717) is 52.3 Å². The summed E-state index contributed by atoms with van der Waals surface area (Å²) >= 11 is 0. The molecular formula is C19H26N4O4. The van der Waals surface area contributed by atoms with Crippen molar-refractivity contribution in [2.24, 2.45) is 0 Å². The van der Waals surface area contributed by atoms with Crippen LogP contribution in [0.1, 0.15) is 18.9 Å². The minimum Gasteiger partial charge on any atom is -0.450 e. The summed E-state index contributed by atoms with van der Waals surface area (Å²) in [5.41, 5.74) is 1.08. The SMILES string of the molecule is CCOC(=O)N1CCN(C(=O)NC2CC(=O)N(Cc3ccccc3)C2)CC1. The van der Waals surface area contributed by atoms with Crippen molar-refractivity contribution in [1.29, 1.82) is 0 Å². The number of piperazine rings is 1. The van der Waals surface area contributed by atoms with Crippen molar-refractivity contribution < 1.29 is 19.1 Å². The molecule has 1 aromatic rings. The van der Waals surface area contributed by atoms with Crippen LogP contribution in [0.4, 0.5) is 9.59 Å². The van der Waals surface area contributed by atoms with E-state index >= 15 is 0 Å². The molecule has 1 atom stereocenters. The quantitative estimate of drug-likeness (QED) is 0.861. The second-order valence-electron chi connectivity index (χ2n) is 6.78. The summed E-state index contributed by atoms with van der Waals surface area (Å²) in [4.78, 5) is 41.5. The lowest BCUT2D eigenvalue weighted by Gasteiger charge is -2.34. The molecule has 2 saturated heterocycles. The first-order chi connectivity index (χ1) is 13.1. The molecule has 3 rings (SSSR count). The van der Waals surface area contributed by atoms with E-state index in [-0.39, 0.29) is 24.1 Å². The highest BCUT2D eigenvalue weighted by Crippen LogP contribution is 2.15. The first-order valence-corrected chi connectivity index (χ1v) is 9.35. The Morgan fingerprint density at radius 3 is 2.44 bits per heavy atom. The van der Waals surface area contributed by atoms with Crippen LogP contribution >= 0.6 is 0 Å². The maximum Gasteiger partial charge on any atom is 0.409 e. The van der Waals surface area contributed by atoms with Gasteiger partial charge in [-0.25, -0.2) is 9.59 Å². The van der Waals surface area contributed by atoms with Crippen LogP contribution in [0.2, 0.25) is 0 Å². The molecule has 4 amide bonds. The Bertz CT molecular complexity index is 674. The lowest BCUT2D eigenvalue weighted by molar-refractivity contribution is -0.128. The molecule has 8 heteroatoms. The van der Waals surface area contributed by atoms with Crippen LogP contribution in [0.5, 0.6) is 0 Å². The van der Waals surface area contributed by atoms with Gasteiger partial charge in [-0.1, -0.05) is 30.3 Å². The average Bonchev–Trinajstić information content (AvgIpc) is 3.01. The third-order valence-corrected chi connectivity index (χ3v) is 4.85. The van der Waals surface area contributed by atoms with Gasteiger partial charge < -0.3 is 24.8 Å². The van der Waals surface area contributed by atoms with Gasteiger partial charge in [0, 0.05) is 45.7 Å². The number of hydrogen-bond donors (Lipinski definition) is 1. The van der Waals surface area contributed by atoms with Crippen LogP contribution in [-0.4, -0.2) is 78.1 Å². The molecule has 1 aromatic carbocycles. The topological polar surface area (TPSA) is 82.2 Å². The van der Waals surface area contributed by atoms with Gasteiger partial charge in [-0.3, -0.25) is 4.79 Å². The van der Waals surface area contributed by atoms with Crippen molar-refractivity contribution in [3.63, 3.8) is 0 Å². The molecule has 0 saturated carbocycles. The number of hydrogen-bond acceptors (Lipinski definition) is 4. The van der Waals surface area contributed by atoms with Gasteiger partial charge in [-0.2, -0.15) is 0 Å². The monoisotopic (exact) mass is 374 g/mol. The van der Waals surface area contributed by atoms with Gasteiger partial charge in [0.15, 0.2) is 0 Å². The zero-order valence-electron chi connectivity index (χ0n) is 15.6. The number of urea groups is 1. The van der Waals surface area contributed by atoms with Crippen LogP contribution in [0.3, 0.4) is 0 Å². The summed E-state index contributed by atoms with van der Waals surface area (Å²) < 4.78 is 4.98. The number of likely N-dealkylation sites (tertiary alicyclic amines) is 1. The number of benzene rings is 1. The standard InChI is InChI=1S/C19H26N4O4/c1-2-27-19(26)22-10-8-21(9-11-22)18(25)20-16-12-17(24)23(14-16)13-15-6-4-3-5-7-15/h3-7,16H,2,8-14H2,1H3,(H,20,25). The van der Waals surface area contributed by atoms with Gasteiger partial charge in [0.05, 0.1) is 12.6 Å². The lowest BCUT2D eigenvalue weighted by Crippen LogP contribution is -2.54. The minimum atomic E-state index is -0.337. The van der Waals surface area contributed by atoms with Gasteiger partial charge in [-0.05, 0) is 12.5 Å². The fourth-order valence-electron chi connectivity index (χ4n) is 3.40. The maximum absolute atomic E-state index is 12.5. The third kappa shape index (κ3) is 4.90. The molecule has 1 N–H and O–H groups in total. The highest BCUT2D eigenvalue weighted by Gasteiger charge is 2.32. The summed E-state index contributed by atoms with van der Waals surface area (Å²) in [5.74, 6) is 0.0521. The molecule has 2 aliphatic heterocycles. The van der Waals surface area contributed by atoms with E-state index in [0.717, 1.165) is 5.56 Å². The Morgan fingerprint density at radius 1 is 1.11 bits per heavy atom. The molecule has 146 valence electrons. The molecule has 2 heterocycles. The molecule has 0 bridgehead atoms. The minimum absolute atomic E-state index is 0.0521. The molecule has 1 unspecified atom stereocenters. The maximum atomic E-state index is 12.5. The normalized spacial score (nSPS) is 20.0. The Balaban J connectivity index is 1.45. The average molecular weight is 374 g/mol. The van der Waals surface area contributed by atoms with Gasteiger partial charge in [0.2, 0.25) is 5.91 Å². The Morgan fingerprint density at radius 2 is 1.78 bits per heavy atom. The summed E-state index contributed by atoms with van der Waals surface area (Å²) in [6.07, 6.45) is -0.0167. The highest BCUT2D eigenvalue weighted by atomic mass is 16.6. The Labute approximate surface area is 159 Å². The first kappa shape index (κ1) is 19.0. The molecule has 0 aromatic heterocycles. The van der Waals surface area contributed by atoms with Crippen molar-refractivity contribution in [2.45, 2.75) is 25.9 Å². The largest absolute Gasteiger partial charge is 0.450 e. The summed E-state index contributed by atoms with van der Waals surface area (Å²) in [6.45, 7) is 5.01. The number of carbonyl (C=O) groups is 3. The lowest BCUT2D eigenvalue weighted by atomic mass is 10.2. The van der Waals surface area contributed by atoms with Crippen LogP contribution in [0.15, 0.2) is 30.3 Å². The van der Waals surface area contributed by atoms with E-state index in [1.807, 2.05) is 30.3 Å². The van der Waals surface area contributed by atoms with E-state index in [9.17, 15) is 14.4 Å². The fourth-order valence-corrected chi connectivity index (χ4v) is 3.40. The second-order valence-corrected chi connectivity index (χ2v) is 6.78. The van der Waals surface area contributed by atoms with E-state index in [4.69, 9.17) is 4.74 Å². The molecule has 8 nitrogen and oxygen atoms in total. The smallest absolute Gasteiger partial charge is 0.409 e. The van der Waals surface area contributed by atoms with E-state index < -0.39 is 0 Å². The number of carbonyl (C=O) groups excluding carboxylic acids is 3. The second kappa shape index (κ2) is 8.75. The fraction of sp³-hybridized carbons (Fsp3) is 0.526. The van der Waals surface area contributed by atoms with E-state index in [1.54, 1.807) is 21.6 Å². The molecule has 2 fully saturated rings. The van der Waals surface area contributed by atoms with E-state index in [1.165, 1.54) is 0 Å². The number of amides is 4. The molecule has 0 spiro atoms. The van der Waals surface area contributed by atoms with E-state index in [2.05, 4.69) is 5.32 Å². The number of ether oxygens (including phenoxy) is 1. The van der Waals surface area contributed by atoms with Gasteiger partial charge in [-0.15, -0.1) is 0 Å². The highest BCUT2D eigenvalue weighted by molar-refractivity contribution is 5.81. The van der Waals surface area contributed by atoms with Crippen molar-refractivity contribution in [1.82, 2.24) is 20.0 Å². The molecule has 0 aliphatic carbocycles. The molecule has 2 aliphatic rings. The number of nitrogens with zero attached hydrogens (tertiary/aromatic N) is 3. The summed E-state index contributed by atoms with van der Waals surface area (Å²) in [5, 5.41) is 2.95. The van der Waals surface area contributed by atoms with Crippen LogP contribution < -0.4 is 5.32 Å². The van der Waals surface area contributed by atoms with Crippen LogP contribution in [-0.2, 0) is 16.1 Å². The predicted octanol–water partition coefficient (Wildman–Crippen LogP) is 1.27. The molecular weight excluding hydrogens is 348 g/mol. The van der Waals surface area contributed by atoms with Crippen molar-refractivity contribution in [2.75, 3.05) is 39.3 Å². The third-order valence-electron chi connectivity index (χ3n) is 4.85. The summed E-state index contributed by atoms with van der Waals surface area (Å²) in [7, 11) is 0. The van der Waals surface area contributed by atoms with Crippen LogP contribution in [0, 0.1) is 0 Å². The molecule has 0 radical (unpaired) electrons. The summed E-state index contributed by atoms with van der Waals surface area (Å²) in [6, 6.07) is 9.45. The zero-order chi connectivity index (χ0) is 19.2. The Kier molecular flexibility index (Phi) is 6.16. The van der Waals surface area contributed by atoms with Gasteiger partial charge in [0.1, 0.15) is 0 Å². The zero-order valence-corrected chi connectivity index (χ0v) is 15.6. The van der Waals surface area contributed by atoms with Crippen molar-refractivity contribution >= 4 is 18.0 Å².